The summed E-state index contributed by atoms with van der Waals surface area (Å²) in [5.74, 6) is 2.01. The Kier molecular flexibility index (Phi) is 9.74. The van der Waals surface area contributed by atoms with Crippen molar-refractivity contribution in [1.82, 2.24) is 10.3 Å². The summed E-state index contributed by atoms with van der Waals surface area (Å²) in [6.07, 6.45) is 1.80. The van der Waals surface area contributed by atoms with Crippen LogP contribution >= 0.6 is 24.0 Å². The lowest BCUT2D eigenvalue weighted by Crippen LogP contribution is -2.19. The highest BCUT2D eigenvalue weighted by atomic mass is 35.5. The minimum absolute atomic E-state index is 0. The van der Waals surface area contributed by atoms with Crippen LogP contribution in [-0.2, 0) is 6.54 Å². The molecule has 160 valence electrons. The molecule has 3 rings (SSSR count). The van der Waals surface area contributed by atoms with E-state index >= 15 is 0 Å². The predicted molar refractivity (Wildman–Crippen MR) is 122 cm³/mol. The van der Waals surface area contributed by atoms with E-state index in [4.69, 9.17) is 25.8 Å². The molecule has 1 heterocycles. The molecule has 0 fully saturated rings. The number of methoxy groups -OCH3 is 1. The molecule has 1 N–H and O–H groups in total. The van der Waals surface area contributed by atoms with Crippen molar-refractivity contribution in [2.45, 2.75) is 19.5 Å². The van der Waals surface area contributed by atoms with E-state index in [0.29, 0.717) is 42.0 Å². The van der Waals surface area contributed by atoms with Crippen LogP contribution in [0, 0.1) is 0 Å². The van der Waals surface area contributed by atoms with Crippen molar-refractivity contribution >= 4 is 24.0 Å². The van der Waals surface area contributed by atoms with Crippen LogP contribution < -0.4 is 19.5 Å². The van der Waals surface area contributed by atoms with Crippen LogP contribution in [-0.4, -0.2) is 25.3 Å². The first-order valence-electron chi connectivity index (χ1n) is 9.48. The number of hydrogen-bond donors (Lipinski definition) is 1. The van der Waals surface area contributed by atoms with Gasteiger partial charge < -0.3 is 19.5 Å². The summed E-state index contributed by atoms with van der Waals surface area (Å²) < 4.78 is 16.9. The van der Waals surface area contributed by atoms with Crippen LogP contribution in [0.2, 0.25) is 5.02 Å². The van der Waals surface area contributed by atoms with Crippen molar-refractivity contribution in [3.63, 3.8) is 0 Å². The van der Waals surface area contributed by atoms with E-state index in [-0.39, 0.29) is 18.4 Å². The number of para-hydroxylation sites is 1. The zero-order valence-corrected chi connectivity index (χ0v) is 18.6. The van der Waals surface area contributed by atoms with Crippen LogP contribution in [0.1, 0.15) is 24.2 Å². The van der Waals surface area contributed by atoms with E-state index in [0.717, 1.165) is 11.3 Å². The van der Waals surface area contributed by atoms with Crippen molar-refractivity contribution in [3.8, 4) is 17.2 Å². The summed E-state index contributed by atoms with van der Waals surface area (Å²) in [6.45, 7) is 3.56. The van der Waals surface area contributed by atoms with E-state index in [9.17, 15) is 0 Å². The van der Waals surface area contributed by atoms with Crippen molar-refractivity contribution in [1.29, 1.82) is 0 Å². The molecule has 0 aliphatic heterocycles. The van der Waals surface area contributed by atoms with E-state index in [2.05, 4.69) is 17.2 Å². The number of nitrogens with zero attached hydrogens (tertiary/aromatic N) is 1. The fourth-order valence-electron chi connectivity index (χ4n) is 2.81. The summed E-state index contributed by atoms with van der Waals surface area (Å²) in [7, 11) is 1.64. The Morgan fingerprint density at radius 2 is 1.67 bits per heavy atom. The average molecular weight is 449 g/mol. The molecule has 2 aromatic carbocycles. The summed E-state index contributed by atoms with van der Waals surface area (Å²) in [6, 6.07) is 19.4. The Hall–Kier alpha value is -2.47. The Morgan fingerprint density at radius 3 is 2.37 bits per heavy atom. The number of ether oxygens (including phenoxy) is 3. The molecule has 0 spiro atoms. The molecule has 30 heavy (non-hydrogen) atoms. The van der Waals surface area contributed by atoms with Gasteiger partial charge in [-0.25, -0.2) is 0 Å². The number of hydrogen-bond acceptors (Lipinski definition) is 5. The van der Waals surface area contributed by atoms with Gasteiger partial charge >= 0.3 is 0 Å². The number of benzene rings is 2. The van der Waals surface area contributed by atoms with E-state index in [1.54, 1.807) is 19.4 Å². The number of rotatable bonds is 10. The van der Waals surface area contributed by atoms with Crippen molar-refractivity contribution < 1.29 is 14.2 Å². The lowest BCUT2D eigenvalue weighted by Gasteiger charge is -2.15. The van der Waals surface area contributed by atoms with Gasteiger partial charge in [0.1, 0.15) is 19.0 Å². The number of pyridine rings is 1. The molecule has 1 atom stereocenters. The first-order chi connectivity index (χ1) is 14.2. The molecule has 0 saturated carbocycles. The molecule has 0 amide bonds. The summed E-state index contributed by atoms with van der Waals surface area (Å²) >= 11 is 6.08. The summed E-state index contributed by atoms with van der Waals surface area (Å²) in [5.41, 5.74) is 2.11. The van der Waals surface area contributed by atoms with Gasteiger partial charge in [-0.2, -0.15) is 0 Å². The monoisotopic (exact) mass is 448 g/mol. The molecule has 3 aromatic rings. The molecule has 0 bridgehead atoms. The SMILES string of the molecule is COc1cc(CNC(C)c2ccccn2)ccc1OCCOc1ccccc1Cl.Cl. The molecule has 1 aromatic heterocycles. The van der Waals surface area contributed by atoms with Crippen LogP contribution in [0.4, 0.5) is 0 Å². The summed E-state index contributed by atoms with van der Waals surface area (Å²) in [5, 5.41) is 4.06. The third kappa shape index (κ3) is 6.80. The zero-order chi connectivity index (χ0) is 20.5. The molecular weight excluding hydrogens is 423 g/mol. The topological polar surface area (TPSA) is 52.6 Å². The smallest absolute Gasteiger partial charge is 0.161 e. The van der Waals surface area contributed by atoms with Gasteiger partial charge in [0.2, 0.25) is 0 Å². The van der Waals surface area contributed by atoms with Crippen LogP contribution in [0.3, 0.4) is 0 Å². The highest BCUT2D eigenvalue weighted by Gasteiger charge is 2.09. The molecular formula is C23H26Cl2N2O3. The number of nitrogens with one attached hydrogen (secondary N) is 1. The normalized spacial score (nSPS) is 11.3. The lowest BCUT2D eigenvalue weighted by molar-refractivity contribution is 0.211. The Balaban J connectivity index is 0.00000320. The predicted octanol–water partition coefficient (Wildman–Crippen LogP) is 5.47. The highest BCUT2D eigenvalue weighted by Crippen LogP contribution is 2.28. The first-order valence-corrected chi connectivity index (χ1v) is 9.86. The zero-order valence-electron chi connectivity index (χ0n) is 17.0. The minimum atomic E-state index is 0. The number of aromatic nitrogens is 1. The molecule has 0 radical (unpaired) electrons. The van der Waals surface area contributed by atoms with Gasteiger partial charge in [0.05, 0.1) is 17.8 Å². The number of halogens is 2. The maximum atomic E-state index is 6.08. The molecule has 1 unspecified atom stereocenters. The Bertz CT molecular complexity index is 910. The Labute approximate surface area is 188 Å². The second kappa shape index (κ2) is 12.3. The third-order valence-corrected chi connectivity index (χ3v) is 4.72. The second-order valence-electron chi connectivity index (χ2n) is 6.47. The van der Waals surface area contributed by atoms with Crippen LogP contribution in [0.5, 0.6) is 17.2 Å². The van der Waals surface area contributed by atoms with Crippen LogP contribution in [0.15, 0.2) is 66.9 Å². The largest absolute Gasteiger partial charge is 0.493 e. The summed E-state index contributed by atoms with van der Waals surface area (Å²) in [4.78, 5) is 4.38. The molecule has 5 nitrogen and oxygen atoms in total. The van der Waals surface area contributed by atoms with Gasteiger partial charge in [0, 0.05) is 18.8 Å². The van der Waals surface area contributed by atoms with Gasteiger partial charge in [-0.3, -0.25) is 4.98 Å². The van der Waals surface area contributed by atoms with Crippen LogP contribution in [0.25, 0.3) is 0 Å². The van der Waals surface area contributed by atoms with E-state index in [1.165, 1.54) is 0 Å². The van der Waals surface area contributed by atoms with E-state index in [1.807, 2.05) is 54.6 Å². The van der Waals surface area contributed by atoms with Crippen molar-refractivity contribution in [3.05, 3.63) is 83.1 Å². The van der Waals surface area contributed by atoms with E-state index < -0.39 is 0 Å². The first kappa shape index (κ1) is 23.8. The fourth-order valence-corrected chi connectivity index (χ4v) is 3.00. The maximum absolute atomic E-state index is 6.08. The lowest BCUT2D eigenvalue weighted by atomic mass is 10.1. The fraction of sp³-hybridized carbons (Fsp3) is 0.261. The molecule has 7 heteroatoms. The minimum Gasteiger partial charge on any atom is -0.493 e. The molecule has 0 aliphatic rings. The Morgan fingerprint density at radius 1 is 0.933 bits per heavy atom. The standard InChI is InChI=1S/C23H25ClN2O3.ClH/c1-17(20-8-5-6-12-25-20)26-16-18-10-11-22(23(15-18)27-2)29-14-13-28-21-9-4-3-7-19(21)24;/h3-12,15,17,26H,13-14,16H2,1-2H3;1H. The molecule has 0 saturated heterocycles. The van der Waals surface area contributed by atoms with Gasteiger partial charge in [0.25, 0.3) is 0 Å². The average Bonchev–Trinajstić information content (AvgIpc) is 2.77. The van der Waals surface area contributed by atoms with Crippen molar-refractivity contribution in [2.75, 3.05) is 20.3 Å². The quantitative estimate of drug-likeness (QED) is 0.416. The van der Waals surface area contributed by atoms with Crippen molar-refractivity contribution in [2.24, 2.45) is 0 Å². The van der Waals surface area contributed by atoms with Gasteiger partial charge in [0.15, 0.2) is 11.5 Å². The second-order valence-corrected chi connectivity index (χ2v) is 6.88. The highest BCUT2D eigenvalue weighted by molar-refractivity contribution is 6.32. The third-order valence-electron chi connectivity index (χ3n) is 4.41. The van der Waals surface area contributed by atoms with Gasteiger partial charge in [-0.05, 0) is 48.9 Å². The maximum Gasteiger partial charge on any atom is 0.161 e. The van der Waals surface area contributed by atoms with Gasteiger partial charge in [-0.1, -0.05) is 35.9 Å². The molecule has 0 aliphatic carbocycles. The van der Waals surface area contributed by atoms with Gasteiger partial charge in [-0.15, -0.1) is 12.4 Å².